The number of para-hydroxylation sites is 1. The van der Waals surface area contributed by atoms with E-state index in [1.54, 1.807) is 0 Å². The van der Waals surface area contributed by atoms with Gasteiger partial charge in [0.05, 0.1) is 17.3 Å². The molecule has 0 aliphatic carbocycles. The summed E-state index contributed by atoms with van der Waals surface area (Å²) in [6.45, 7) is 2.07. The van der Waals surface area contributed by atoms with Crippen molar-refractivity contribution >= 4 is 10.9 Å². The van der Waals surface area contributed by atoms with E-state index < -0.39 is 0 Å². The van der Waals surface area contributed by atoms with Gasteiger partial charge in [-0.1, -0.05) is 48.5 Å². The van der Waals surface area contributed by atoms with Crippen molar-refractivity contribution in [2.24, 2.45) is 0 Å². The third-order valence-electron chi connectivity index (χ3n) is 3.91. The van der Waals surface area contributed by atoms with Crippen LogP contribution >= 0.6 is 0 Å². The van der Waals surface area contributed by atoms with Crippen molar-refractivity contribution in [2.45, 2.75) is 25.7 Å². The number of nitrogens with zero attached hydrogens (tertiary/aromatic N) is 2. The molecule has 0 saturated carbocycles. The predicted octanol–water partition coefficient (Wildman–Crippen LogP) is 4.31. The molecule has 0 radical (unpaired) electrons. The van der Waals surface area contributed by atoms with E-state index in [1.165, 1.54) is 11.1 Å². The number of benzene rings is 2. The van der Waals surface area contributed by atoms with Gasteiger partial charge in [-0.25, -0.2) is 0 Å². The van der Waals surface area contributed by atoms with E-state index in [1.807, 2.05) is 18.2 Å². The molecule has 3 aromatic rings. The monoisotopic (exact) mass is 275 g/mol. The van der Waals surface area contributed by atoms with E-state index in [0.29, 0.717) is 6.42 Å². The van der Waals surface area contributed by atoms with Crippen LogP contribution in [0.5, 0.6) is 0 Å². The SMILES string of the molecule is Cc1cccc2c(C(CCC#N)c3ccccc3)[nH]nc12. The lowest BCUT2D eigenvalue weighted by Crippen LogP contribution is -2.02. The number of aromatic amines is 1. The molecular weight excluding hydrogens is 258 g/mol. The summed E-state index contributed by atoms with van der Waals surface area (Å²) in [5, 5.41) is 17.8. The number of H-pyrrole nitrogens is 1. The third kappa shape index (κ3) is 2.53. The molecule has 2 aromatic carbocycles. The van der Waals surface area contributed by atoms with Crippen LogP contribution in [-0.2, 0) is 0 Å². The average Bonchev–Trinajstić information content (AvgIpc) is 2.94. The van der Waals surface area contributed by atoms with E-state index in [0.717, 1.165) is 23.0 Å². The molecule has 0 aliphatic rings. The molecule has 0 aliphatic heterocycles. The van der Waals surface area contributed by atoms with Gasteiger partial charge in [0.25, 0.3) is 0 Å². The Labute approximate surface area is 124 Å². The highest BCUT2D eigenvalue weighted by molar-refractivity contribution is 5.85. The summed E-state index contributed by atoms with van der Waals surface area (Å²) < 4.78 is 0. The Kier molecular flexibility index (Phi) is 3.70. The minimum absolute atomic E-state index is 0.178. The standard InChI is InChI=1S/C18H17N3/c1-13-7-5-10-16-17(13)20-21-18(16)15(11-6-12-19)14-8-3-2-4-9-14/h2-5,7-10,15H,6,11H2,1H3,(H,20,21). The molecule has 104 valence electrons. The summed E-state index contributed by atoms with van der Waals surface area (Å²) in [6.07, 6.45) is 1.33. The molecule has 0 fully saturated rings. The van der Waals surface area contributed by atoms with Gasteiger partial charge in [0.15, 0.2) is 0 Å². The Morgan fingerprint density at radius 3 is 2.71 bits per heavy atom. The van der Waals surface area contributed by atoms with Gasteiger partial charge < -0.3 is 0 Å². The van der Waals surface area contributed by atoms with Crippen LogP contribution < -0.4 is 0 Å². The van der Waals surface area contributed by atoms with Crippen LogP contribution in [0, 0.1) is 18.3 Å². The van der Waals surface area contributed by atoms with E-state index >= 15 is 0 Å². The van der Waals surface area contributed by atoms with E-state index in [9.17, 15) is 0 Å². The molecule has 1 heterocycles. The molecule has 3 heteroatoms. The van der Waals surface area contributed by atoms with Crippen molar-refractivity contribution in [3.05, 3.63) is 65.4 Å². The predicted molar refractivity (Wildman–Crippen MR) is 84.0 cm³/mol. The number of rotatable bonds is 4. The first kappa shape index (κ1) is 13.4. The third-order valence-corrected chi connectivity index (χ3v) is 3.91. The zero-order valence-corrected chi connectivity index (χ0v) is 12.0. The first-order chi connectivity index (χ1) is 10.3. The van der Waals surface area contributed by atoms with Crippen LogP contribution in [0.1, 0.15) is 35.6 Å². The second-order valence-electron chi connectivity index (χ2n) is 5.27. The lowest BCUT2D eigenvalue weighted by atomic mass is 9.89. The number of hydrogen-bond acceptors (Lipinski definition) is 2. The maximum absolute atomic E-state index is 8.94. The summed E-state index contributed by atoms with van der Waals surface area (Å²) in [4.78, 5) is 0. The van der Waals surface area contributed by atoms with E-state index in [2.05, 4.69) is 53.5 Å². The number of aryl methyl sites for hydroxylation is 1. The Bertz CT molecular complexity index is 781. The fraction of sp³-hybridized carbons (Fsp3) is 0.222. The van der Waals surface area contributed by atoms with Crippen molar-refractivity contribution < 1.29 is 0 Å². The topological polar surface area (TPSA) is 52.5 Å². The van der Waals surface area contributed by atoms with E-state index in [-0.39, 0.29) is 5.92 Å². The Balaban J connectivity index is 2.11. The number of nitriles is 1. The van der Waals surface area contributed by atoms with Crippen molar-refractivity contribution in [2.75, 3.05) is 0 Å². The van der Waals surface area contributed by atoms with Crippen LogP contribution in [0.25, 0.3) is 10.9 Å². The second-order valence-corrected chi connectivity index (χ2v) is 5.27. The minimum atomic E-state index is 0.178. The largest absolute Gasteiger partial charge is 0.281 e. The maximum atomic E-state index is 8.94. The summed E-state index contributed by atoms with van der Waals surface area (Å²) in [5.74, 6) is 0.178. The van der Waals surface area contributed by atoms with Crippen LogP contribution in [0.4, 0.5) is 0 Å². The quantitative estimate of drug-likeness (QED) is 0.771. The van der Waals surface area contributed by atoms with Crippen LogP contribution in [0.2, 0.25) is 0 Å². The van der Waals surface area contributed by atoms with Crippen LogP contribution in [-0.4, -0.2) is 10.2 Å². The molecule has 3 rings (SSSR count). The van der Waals surface area contributed by atoms with Gasteiger partial charge >= 0.3 is 0 Å². The average molecular weight is 275 g/mol. The van der Waals surface area contributed by atoms with Crippen LogP contribution in [0.3, 0.4) is 0 Å². The molecule has 1 unspecified atom stereocenters. The highest BCUT2D eigenvalue weighted by Gasteiger charge is 2.19. The van der Waals surface area contributed by atoms with Crippen molar-refractivity contribution in [1.29, 1.82) is 5.26 Å². The van der Waals surface area contributed by atoms with E-state index in [4.69, 9.17) is 5.26 Å². The van der Waals surface area contributed by atoms with Crippen molar-refractivity contribution in [1.82, 2.24) is 10.2 Å². The fourth-order valence-electron chi connectivity index (χ4n) is 2.84. The first-order valence-corrected chi connectivity index (χ1v) is 7.16. The number of aromatic nitrogens is 2. The minimum Gasteiger partial charge on any atom is -0.281 e. The number of nitrogens with one attached hydrogen (secondary N) is 1. The zero-order valence-electron chi connectivity index (χ0n) is 12.0. The molecule has 0 saturated heterocycles. The molecule has 0 spiro atoms. The fourth-order valence-corrected chi connectivity index (χ4v) is 2.84. The number of hydrogen-bond donors (Lipinski definition) is 1. The van der Waals surface area contributed by atoms with Gasteiger partial charge in [0, 0.05) is 17.7 Å². The molecule has 0 bridgehead atoms. The lowest BCUT2D eigenvalue weighted by Gasteiger charge is -2.15. The van der Waals surface area contributed by atoms with Gasteiger partial charge in [0.1, 0.15) is 0 Å². The van der Waals surface area contributed by atoms with Crippen LogP contribution in [0.15, 0.2) is 48.5 Å². The highest BCUT2D eigenvalue weighted by atomic mass is 15.1. The smallest absolute Gasteiger partial charge is 0.0953 e. The molecule has 0 amide bonds. The first-order valence-electron chi connectivity index (χ1n) is 7.16. The summed E-state index contributed by atoms with van der Waals surface area (Å²) in [6, 6.07) is 18.8. The van der Waals surface area contributed by atoms with Gasteiger partial charge in [0.2, 0.25) is 0 Å². The molecule has 1 atom stereocenters. The number of fused-ring (bicyclic) bond motifs is 1. The highest BCUT2D eigenvalue weighted by Crippen LogP contribution is 2.33. The second kappa shape index (κ2) is 5.80. The molecule has 1 aromatic heterocycles. The zero-order chi connectivity index (χ0) is 14.7. The molecule has 3 nitrogen and oxygen atoms in total. The maximum Gasteiger partial charge on any atom is 0.0953 e. The van der Waals surface area contributed by atoms with Gasteiger partial charge in [-0.15, -0.1) is 0 Å². The Hall–Kier alpha value is -2.60. The van der Waals surface area contributed by atoms with Gasteiger partial charge in [-0.2, -0.15) is 10.4 Å². The molecule has 21 heavy (non-hydrogen) atoms. The normalized spacial score (nSPS) is 12.2. The Morgan fingerprint density at radius 2 is 1.95 bits per heavy atom. The molecular formula is C18H17N3. The van der Waals surface area contributed by atoms with Crippen molar-refractivity contribution in [3.63, 3.8) is 0 Å². The van der Waals surface area contributed by atoms with Crippen molar-refractivity contribution in [3.8, 4) is 6.07 Å². The van der Waals surface area contributed by atoms with Gasteiger partial charge in [-0.05, 0) is 24.5 Å². The molecule has 1 N–H and O–H groups in total. The summed E-state index contributed by atoms with van der Waals surface area (Å²) >= 11 is 0. The lowest BCUT2D eigenvalue weighted by molar-refractivity contribution is 0.712. The Morgan fingerprint density at radius 1 is 1.14 bits per heavy atom. The van der Waals surface area contributed by atoms with Gasteiger partial charge in [-0.3, -0.25) is 5.10 Å². The summed E-state index contributed by atoms with van der Waals surface area (Å²) in [5.41, 5.74) is 4.52. The summed E-state index contributed by atoms with van der Waals surface area (Å²) in [7, 11) is 0.